The number of methoxy groups -OCH3 is 3. The van der Waals surface area contributed by atoms with Crippen LogP contribution in [0.2, 0.25) is 20.1 Å². The van der Waals surface area contributed by atoms with E-state index in [1.807, 2.05) is 0 Å². The van der Waals surface area contributed by atoms with Crippen molar-refractivity contribution < 1.29 is 46.8 Å². The molecule has 0 saturated carbocycles. The number of amides is 2. The molecule has 2 amide bonds. The standard InChI is InChI=1S/C47H42Cl4F2N8O8/c1-5-36(62)56-28-10-12-67-19-29(28)59-46-55-18-25-27(58-46)9-8-24(44(25)53)39-42(50)34(66-4)16-35(43(39)51)69-11-6-7-37(63)57-30-20-68-21-31(30)60-47-54-17-23-13-22(14-26(52)45(23)61-47)38-40(48)32(64-2)15-33(65-3)41(38)49/h5-9,13-18,28-31H,1,10-12,19-21H2,2-4H3,(H,56,62)(H,57,63)(H,54,60,61)(H,55,58,59)/b7-6+/t28-,29+,30-,31+/m0/s1. The van der Waals surface area contributed by atoms with E-state index in [0.29, 0.717) is 47.6 Å². The minimum atomic E-state index is -0.698. The van der Waals surface area contributed by atoms with Crippen LogP contribution in [0, 0.1) is 11.6 Å². The van der Waals surface area contributed by atoms with Gasteiger partial charge in [0.15, 0.2) is 0 Å². The van der Waals surface area contributed by atoms with Gasteiger partial charge in [0.25, 0.3) is 0 Å². The third-order valence-electron chi connectivity index (χ3n) is 11.3. The Bertz CT molecular complexity index is 2980. The van der Waals surface area contributed by atoms with E-state index in [9.17, 15) is 9.59 Å². The molecule has 6 aromatic rings. The summed E-state index contributed by atoms with van der Waals surface area (Å²) in [4.78, 5) is 42.7. The smallest absolute Gasteiger partial charge is 0.244 e. The molecular formula is C47H42Cl4F2N8O8. The van der Waals surface area contributed by atoms with E-state index in [4.69, 9.17) is 74.8 Å². The summed E-state index contributed by atoms with van der Waals surface area (Å²) in [6, 6.07) is 7.39. The lowest BCUT2D eigenvalue weighted by Crippen LogP contribution is -2.52. The van der Waals surface area contributed by atoms with Crippen LogP contribution in [0.5, 0.6) is 23.0 Å². The molecule has 69 heavy (non-hydrogen) atoms. The van der Waals surface area contributed by atoms with Crippen LogP contribution in [0.1, 0.15) is 6.42 Å². The fraction of sp³-hybridized carbons (Fsp3) is 0.277. The van der Waals surface area contributed by atoms with Crippen molar-refractivity contribution in [3.63, 3.8) is 0 Å². The number of nitrogens with zero attached hydrogens (tertiary/aromatic N) is 4. The van der Waals surface area contributed by atoms with Gasteiger partial charge in [-0.3, -0.25) is 9.59 Å². The van der Waals surface area contributed by atoms with E-state index >= 15 is 8.78 Å². The van der Waals surface area contributed by atoms with Gasteiger partial charge in [-0.15, -0.1) is 0 Å². The van der Waals surface area contributed by atoms with Crippen LogP contribution in [0.25, 0.3) is 44.1 Å². The summed E-state index contributed by atoms with van der Waals surface area (Å²) in [5.41, 5.74) is 1.13. The van der Waals surface area contributed by atoms with Crippen molar-refractivity contribution in [3.8, 4) is 45.3 Å². The molecule has 16 nitrogen and oxygen atoms in total. The highest BCUT2D eigenvalue weighted by Gasteiger charge is 2.31. The first-order valence-corrected chi connectivity index (χ1v) is 22.6. The van der Waals surface area contributed by atoms with Crippen molar-refractivity contribution in [3.05, 3.63) is 105 Å². The molecule has 0 unspecified atom stereocenters. The minimum Gasteiger partial charge on any atom is -0.495 e. The third kappa shape index (κ3) is 10.5. The van der Waals surface area contributed by atoms with Crippen molar-refractivity contribution in [1.29, 1.82) is 0 Å². The molecule has 2 aromatic heterocycles. The SMILES string of the molecule is C=CC(=O)N[C@H]1CCOC[C@H]1Nc1ncc2c(F)c(-c3c(Cl)c(OC)cc(OC/C=C/C(=O)N[C@H]4COC[C@H]4Nc4ncc5cc(-c6c(Cl)c(OC)cc(OC)c6Cl)cc(F)c5n4)c3Cl)ccc2n1. The first kappa shape index (κ1) is 49.2. The zero-order valence-electron chi connectivity index (χ0n) is 36.9. The number of aromatic nitrogens is 4. The summed E-state index contributed by atoms with van der Waals surface area (Å²) in [5, 5.41) is 12.9. The maximum atomic E-state index is 16.4. The topological polar surface area (TPSA) is 189 Å². The van der Waals surface area contributed by atoms with Crippen LogP contribution < -0.4 is 40.2 Å². The highest BCUT2D eigenvalue weighted by molar-refractivity contribution is 6.42. The Balaban J connectivity index is 0.915. The molecule has 0 spiro atoms. The largest absolute Gasteiger partial charge is 0.495 e. The zero-order valence-corrected chi connectivity index (χ0v) is 40.0. The monoisotopic (exact) mass is 1020 g/mol. The molecule has 4 heterocycles. The lowest BCUT2D eigenvalue weighted by atomic mass is 10.0. The van der Waals surface area contributed by atoms with Gasteiger partial charge in [-0.2, -0.15) is 0 Å². The van der Waals surface area contributed by atoms with E-state index in [1.165, 1.54) is 76.2 Å². The summed E-state index contributed by atoms with van der Waals surface area (Å²) in [6.07, 6.45) is 7.29. The molecule has 0 bridgehead atoms. The molecule has 4 atom stereocenters. The molecule has 4 aromatic carbocycles. The van der Waals surface area contributed by atoms with Gasteiger partial charge in [0, 0.05) is 59.3 Å². The molecule has 2 aliphatic heterocycles. The van der Waals surface area contributed by atoms with E-state index < -0.39 is 29.6 Å². The summed E-state index contributed by atoms with van der Waals surface area (Å²) < 4.78 is 65.4. The Morgan fingerprint density at radius 3 is 2.07 bits per heavy atom. The maximum absolute atomic E-state index is 16.4. The Morgan fingerprint density at radius 1 is 0.754 bits per heavy atom. The van der Waals surface area contributed by atoms with Gasteiger partial charge in [-0.25, -0.2) is 28.7 Å². The molecule has 2 saturated heterocycles. The highest BCUT2D eigenvalue weighted by atomic mass is 35.5. The lowest BCUT2D eigenvalue weighted by molar-refractivity contribution is -0.118. The van der Waals surface area contributed by atoms with E-state index in [-0.39, 0.29) is 109 Å². The number of hydrogen-bond acceptors (Lipinski definition) is 14. The average Bonchev–Trinajstić information content (AvgIpc) is 3.77. The second-order valence-electron chi connectivity index (χ2n) is 15.6. The maximum Gasteiger partial charge on any atom is 0.244 e. The van der Waals surface area contributed by atoms with E-state index in [1.54, 1.807) is 12.1 Å². The van der Waals surface area contributed by atoms with Gasteiger partial charge in [0.05, 0.1) is 96.3 Å². The van der Waals surface area contributed by atoms with Crippen LogP contribution >= 0.6 is 46.4 Å². The number of benzene rings is 4. The summed E-state index contributed by atoms with van der Waals surface area (Å²) in [6.45, 7) is 4.52. The summed E-state index contributed by atoms with van der Waals surface area (Å²) >= 11 is 26.7. The third-order valence-corrected chi connectivity index (χ3v) is 12.8. The predicted octanol–water partition coefficient (Wildman–Crippen LogP) is 8.63. The summed E-state index contributed by atoms with van der Waals surface area (Å²) in [5.74, 6) is -0.963. The Morgan fingerprint density at radius 2 is 1.36 bits per heavy atom. The molecule has 22 heteroatoms. The van der Waals surface area contributed by atoms with Gasteiger partial charge in [0.1, 0.15) is 46.8 Å². The Kier molecular flexibility index (Phi) is 15.4. The van der Waals surface area contributed by atoms with Crippen LogP contribution in [0.3, 0.4) is 0 Å². The molecule has 2 fully saturated rings. The van der Waals surface area contributed by atoms with Crippen LogP contribution in [-0.2, 0) is 19.1 Å². The van der Waals surface area contributed by atoms with Crippen LogP contribution in [0.15, 0.2) is 73.6 Å². The number of halogens is 6. The Hall–Kier alpha value is -6.28. The number of hydrogen-bond donors (Lipinski definition) is 4. The van der Waals surface area contributed by atoms with Gasteiger partial charge in [-0.05, 0) is 48.4 Å². The highest BCUT2D eigenvalue weighted by Crippen LogP contribution is 2.48. The first-order valence-electron chi connectivity index (χ1n) is 21.1. The van der Waals surface area contributed by atoms with Crippen molar-refractivity contribution in [1.82, 2.24) is 30.6 Å². The molecule has 0 aliphatic carbocycles. The number of anilines is 2. The second-order valence-corrected chi connectivity index (χ2v) is 17.1. The number of rotatable bonds is 16. The van der Waals surface area contributed by atoms with Crippen molar-refractivity contribution >= 4 is 91.9 Å². The zero-order chi connectivity index (χ0) is 48.9. The quantitative estimate of drug-likeness (QED) is 0.0675. The molecule has 360 valence electrons. The number of fused-ring (bicyclic) bond motifs is 2. The molecule has 8 rings (SSSR count). The second kappa shape index (κ2) is 21.6. The molecule has 2 aliphatic rings. The van der Waals surface area contributed by atoms with Crippen molar-refractivity contribution in [2.75, 3.05) is 65.0 Å². The molecule has 0 radical (unpaired) electrons. The van der Waals surface area contributed by atoms with Crippen molar-refractivity contribution in [2.45, 2.75) is 30.6 Å². The fourth-order valence-corrected chi connectivity index (χ4v) is 9.26. The molecule has 4 N–H and O–H groups in total. The van der Waals surface area contributed by atoms with E-state index in [0.717, 1.165) is 0 Å². The van der Waals surface area contributed by atoms with E-state index in [2.05, 4.69) is 47.8 Å². The van der Waals surface area contributed by atoms with Gasteiger partial charge >= 0.3 is 0 Å². The first-order chi connectivity index (χ1) is 33.3. The lowest BCUT2D eigenvalue weighted by Gasteiger charge is -2.32. The fourth-order valence-electron chi connectivity index (χ4n) is 7.86. The van der Waals surface area contributed by atoms with Gasteiger partial charge < -0.3 is 49.7 Å². The number of carbonyl (C=O) groups is 2. The van der Waals surface area contributed by atoms with Crippen LogP contribution in [-0.4, -0.2) is 110 Å². The molecular weight excluding hydrogens is 984 g/mol. The Labute approximate surface area is 413 Å². The number of ether oxygens (including phenoxy) is 6. The van der Waals surface area contributed by atoms with Gasteiger partial charge in [-0.1, -0.05) is 53.0 Å². The van der Waals surface area contributed by atoms with Crippen LogP contribution in [0.4, 0.5) is 20.7 Å². The summed E-state index contributed by atoms with van der Waals surface area (Å²) in [7, 11) is 4.28. The number of carbonyl (C=O) groups excluding carboxylic acids is 2. The predicted molar refractivity (Wildman–Crippen MR) is 259 cm³/mol. The van der Waals surface area contributed by atoms with Gasteiger partial charge in [0.2, 0.25) is 23.7 Å². The minimum absolute atomic E-state index is 0.0133. The van der Waals surface area contributed by atoms with Crippen molar-refractivity contribution in [2.24, 2.45) is 0 Å². The average molecular weight is 1030 g/mol. The normalized spacial score (nSPS) is 18.0. The number of nitrogens with one attached hydrogen (secondary N) is 4.